The zero-order valence-corrected chi connectivity index (χ0v) is 19.2. The van der Waals surface area contributed by atoms with E-state index in [1.54, 1.807) is 29.1 Å². The number of nitrogens with zero attached hydrogens (tertiary/aromatic N) is 4. The molecule has 0 spiro atoms. The number of furan rings is 1. The van der Waals surface area contributed by atoms with E-state index >= 15 is 0 Å². The largest absolute Gasteiger partial charge is 0.455 e. The van der Waals surface area contributed by atoms with Crippen LogP contribution in [0.5, 0.6) is 11.5 Å². The Labute approximate surface area is 196 Å². The molecule has 1 N–H and O–H groups in total. The average molecular weight is 512 g/mol. The van der Waals surface area contributed by atoms with E-state index in [1.807, 2.05) is 13.8 Å². The first-order valence-corrected chi connectivity index (χ1v) is 10.6. The fraction of sp³-hybridized carbons (Fsp3) is 0.136. The van der Waals surface area contributed by atoms with Gasteiger partial charge in [0.05, 0.1) is 45.3 Å². The number of benzene rings is 1. The van der Waals surface area contributed by atoms with E-state index in [1.165, 1.54) is 30.5 Å². The Morgan fingerprint density at radius 1 is 1.24 bits per heavy atom. The van der Waals surface area contributed by atoms with Crippen molar-refractivity contribution >= 4 is 33.2 Å². The molecule has 4 aromatic rings. The third-order valence-corrected chi connectivity index (χ3v) is 5.86. The van der Waals surface area contributed by atoms with Gasteiger partial charge in [-0.1, -0.05) is 0 Å². The van der Waals surface area contributed by atoms with Crippen LogP contribution in [-0.4, -0.2) is 25.6 Å². The zero-order chi connectivity index (χ0) is 23.5. The molecule has 0 aliphatic heterocycles. The highest BCUT2D eigenvalue weighted by Crippen LogP contribution is 2.30. The fourth-order valence-electron chi connectivity index (χ4n) is 3.12. The van der Waals surface area contributed by atoms with Crippen molar-refractivity contribution in [3.63, 3.8) is 0 Å². The number of pyridine rings is 1. The number of non-ortho nitro benzene ring substituents is 1. The number of nitro benzene ring substituents is 1. The lowest BCUT2D eigenvalue weighted by Crippen LogP contribution is -2.11. The second-order valence-electron chi connectivity index (χ2n) is 7.13. The van der Waals surface area contributed by atoms with Gasteiger partial charge in [0.2, 0.25) is 0 Å². The number of hydrogen-bond donors (Lipinski definition) is 1. The smallest absolute Gasteiger partial charge is 0.291 e. The van der Waals surface area contributed by atoms with E-state index in [0.29, 0.717) is 18.1 Å². The zero-order valence-electron chi connectivity index (χ0n) is 17.6. The van der Waals surface area contributed by atoms with Crippen LogP contribution in [0.15, 0.2) is 63.7 Å². The van der Waals surface area contributed by atoms with Gasteiger partial charge in [-0.15, -0.1) is 0 Å². The normalized spacial score (nSPS) is 10.8. The van der Waals surface area contributed by atoms with Gasteiger partial charge < -0.3 is 14.5 Å². The molecule has 168 valence electrons. The van der Waals surface area contributed by atoms with E-state index in [0.717, 1.165) is 15.9 Å². The number of aryl methyl sites for hydroxylation is 1. The molecule has 0 fully saturated rings. The first kappa shape index (κ1) is 22.2. The topological polar surface area (TPSA) is 125 Å². The Hall–Kier alpha value is -3.99. The van der Waals surface area contributed by atoms with Crippen LogP contribution >= 0.6 is 15.9 Å². The summed E-state index contributed by atoms with van der Waals surface area (Å²) in [6.07, 6.45) is 3.06. The van der Waals surface area contributed by atoms with Crippen molar-refractivity contribution in [2.24, 2.45) is 0 Å². The Kier molecular flexibility index (Phi) is 6.22. The summed E-state index contributed by atoms with van der Waals surface area (Å²) in [5.41, 5.74) is 1.75. The molecule has 4 rings (SSSR count). The van der Waals surface area contributed by atoms with Crippen molar-refractivity contribution in [1.82, 2.24) is 14.8 Å². The van der Waals surface area contributed by atoms with Gasteiger partial charge in [-0.25, -0.2) is 0 Å². The number of hydrogen-bond acceptors (Lipinski definition) is 7. The van der Waals surface area contributed by atoms with E-state index in [-0.39, 0.29) is 22.9 Å². The minimum absolute atomic E-state index is 0.0619. The number of carbonyl (C=O) groups is 1. The minimum Gasteiger partial charge on any atom is -0.455 e. The molecule has 0 atom stereocenters. The number of rotatable bonds is 7. The summed E-state index contributed by atoms with van der Waals surface area (Å²) in [4.78, 5) is 27.4. The minimum atomic E-state index is -0.566. The van der Waals surface area contributed by atoms with Crippen molar-refractivity contribution in [2.75, 3.05) is 5.32 Å². The highest BCUT2D eigenvalue weighted by atomic mass is 79.9. The molecular weight excluding hydrogens is 494 g/mol. The van der Waals surface area contributed by atoms with Crippen molar-refractivity contribution in [2.45, 2.75) is 20.4 Å². The molecule has 1 aromatic carbocycles. The number of nitro groups is 1. The van der Waals surface area contributed by atoms with Gasteiger partial charge in [0.25, 0.3) is 11.6 Å². The van der Waals surface area contributed by atoms with E-state index < -0.39 is 10.8 Å². The number of halogens is 1. The van der Waals surface area contributed by atoms with Gasteiger partial charge in [-0.2, -0.15) is 5.10 Å². The maximum atomic E-state index is 12.7. The average Bonchev–Trinajstić information content (AvgIpc) is 3.35. The molecule has 11 heteroatoms. The van der Waals surface area contributed by atoms with Crippen molar-refractivity contribution in [3.05, 3.63) is 92.4 Å². The molecule has 0 aliphatic carbocycles. The second-order valence-corrected chi connectivity index (χ2v) is 7.92. The highest BCUT2D eigenvalue weighted by Gasteiger charge is 2.17. The fourth-order valence-corrected chi connectivity index (χ4v) is 3.40. The predicted molar refractivity (Wildman–Crippen MR) is 123 cm³/mol. The summed E-state index contributed by atoms with van der Waals surface area (Å²) in [5, 5.41) is 18.4. The molecule has 3 aromatic heterocycles. The molecular formula is C22H18BrN5O5. The lowest BCUT2D eigenvalue weighted by Gasteiger charge is -2.08. The van der Waals surface area contributed by atoms with Crippen LogP contribution in [-0.2, 0) is 6.54 Å². The molecule has 10 nitrogen and oxygen atoms in total. The third kappa shape index (κ3) is 5.09. The van der Waals surface area contributed by atoms with Gasteiger partial charge >= 0.3 is 0 Å². The standard InChI is InChI=1S/C22H18BrN5O5/c1-13-21(23)14(2)27(26-13)12-18-5-6-20(33-18)22(29)25-15-8-16(28(30)31)10-19(9-15)32-17-4-3-7-24-11-17/h3-11H,12H2,1-2H3,(H,25,29). The van der Waals surface area contributed by atoms with Gasteiger partial charge in [0.1, 0.15) is 17.3 Å². The predicted octanol–water partition coefficient (Wildman–Crippen LogP) is 5.25. The maximum Gasteiger partial charge on any atom is 0.291 e. The number of nitrogens with one attached hydrogen (secondary N) is 1. The summed E-state index contributed by atoms with van der Waals surface area (Å²) in [6, 6.07) is 10.5. The number of carbonyl (C=O) groups excluding carboxylic acids is 1. The molecule has 0 saturated heterocycles. The first-order valence-electron chi connectivity index (χ1n) is 9.77. The van der Waals surface area contributed by atoms with Crippen LogP contribution in [0.1, 0.15) is 27.7 Å². The van der Waals surface area contributed by atoms with Crippen LogP contribution in [0.4, 0.5) is 11.4 Å². The Bertz CT molecular complexity index is 1330. The summed E-state index contributed by atoms with van der Waals surface area (Å²) in [7, 11) is 0. The third-order valence-electron chi connectivity index (χ3n) is 4.71. The number of ether oxygens (including phenoxy) is 1. The lowest BCUT2D eigenvalue weighted by atomic mass is 10.2. The highest BCUT2D eigenvalue weighted by molar-refractivity contribution is 9.10. The summed E-state index contributed by atoms with van der Waals surface area (Å²) >= 11 is 3.48. The molecule has 1 amide bonds. The SMILES string of the molecule is Cc1nn(Cc2ccc(C(=O)Nc3cc(Oc4cccnc4)cc([N+](=O)[O-])c3)o2)c(C)c1Br. The molecule has 33 heavy (non-hydrogen) atoms. The van der Waals surface area contributed by atoms with Crippen molar-refractivity contribution in [3.8, 4) is 11.5 Å². The summed E-state index contributed by atoms with van der Waals surface area (Å²) in [5.74, 6) is 0.637. The van der Waals surface area contributed by atoms with E-state index in [2.05, 4.69) is 31.3 Å². The van der Waals surface area contributed by atoms with Crippen molar-refractivity contribution < 1.29 is 18.9 Å². The van der Waals surface area contributed by atoms with Gasteiger partial charge in [-0.05, 0) is 54.0 Å². The number of amides is 1. The number of aromatic nitrogens is 3. The maximum absolute atomic E-state index is 12.7. The van der Waals surface area contributed by atoms with Crippen LogP contribution in [0.3, 0.4) is 0 Å². The number of anilines is 1. The van der Waals surface area contributed by atoms with Crippen LogP contribution in [0, 0.1) is 24.0 Å². The van der Waals surface area contributed by atoms with Gasteiger partial charge in [0.15, 0.2) is 5.76 Å². The quantitative estimate of drug-likeness (QED) is 0.265. The van der Waals surface area contributed by atoms with Gasteiger partial charge in [0, 0.05) is 18.3 Å². The molecule has 0 bridgehead atoms. The Balaban J connectivity index is 1.52. The molecule has 0 aliphatic rings. The first-order chi connectivity index (χ1) is 15.8. The van der Waals surface area contributed by atoms with Gasteiger partial charge in [-0.3, -0.25) is 24.6 Å². The summed E-state index contributed by atoms with van der Waals surface area (Å²) < 4.78 is 14.0. The van der Waals surface area contributed by atoms with E-state index in [4.69, 9.17) is 9.15 Å². The second kappa shape index (κ2) is 9.25. The summed E-state index contributed by atoms with van der Waals surface area (Å²) in [6.45, 7) is 4.17. The lowest BCUT2D eigenvalue weighted by molar-refractivity contribution is -0.384. The van der Waals surface area contributed by atoms with Crippen LogP contribution in [0.25, 0.3) is 0 Å². The Morgan fingerprint density at radius 3 is 2.73 bits per heavy atom. The van der Waals surface area contributed by atoms with Crippen molar-refractivity contribution in [1.29, 1.82) is 0 Å². The molecule has 0 saturated carbocycles. The Morgan fingerprint density at radius 2 is 2.06 bits per heavy atom. The molecule has 0 unspecified atom stereocenters. The van der Waals surface area contributed by atoms with E-state index in [9.17, 15) is 14.9 Å². The van der Waals surface area contributed by atoms with Crippen LogP contribution in [0.2, 0.25) is 0 Å². The molecule has 0 radical (unpaired) electrons. The molecule has 3 heterocycles. The monoisotopic (exact) mass is 511 g/mol. The van der Waals surface area contributed by atoms with Crippen LogP contribution < -0.4 is 10.1 Å².